The number of esters is 1. The maximum absolute atomic E-state index is 13.6. The van der Waals surface area contributed by atoms with Crippen LogP contribution in [0.1, 0.15) is 10.4 Å². The fourth-order valence-corrected chi connectivity index (χ4v) is 3.38. The van der Waals surface area contributed by atoms with E-state index in [1.165, 1.54) is 0 Å². The molecule has 2 N–H and O–H groups in total. The number of ether oxygens (including phenoxy) is 1. The standard InChI is InChI=1S/C19H14F2N2O4S/c1-27-19(26)16-17(25)11-4-2-3-5-13(11)23-18(16)28-9-15(24)22-14-8-10(20)6-7-12(14)21/h2-8H,9H2,1H3,(H,22,24)(H,23,25). The number of pyridine rings is 1. The number of aromatic amines is 1. The Morgan fingerprint density at radius 2 is 1.93 bits per heavy atom. The molecule has 0 aliphatic rings. The lowest BCUT2D eigenvalue weighted by Crippen LogP contribution is -2.20. The number of para-hydroxylation sites is 1. The molecule has 0 radical (unpaired) electrons. The SMILES string of the molecule is COC(=O)c1c(SCC(=O)Nc2cc(F)ccc2F)[nH]c2ccccc2c1=O. The first kappa shape index (κ1) is 19.6. The molecular weight excluding hydrogens is 390 g/mol. The molecule has 0 aliphatic carbocycles. The maximum atomic E-state index is 13.6. The van der Waals surface area contributed by atoms with E-state index in [9.17, 15) is 23.2 Å². The second kappa shape index (κ2) is 8.22. The van der Waals surface area contributed by atoms with Gasteiger partial charge in [-0.3, -0.25) is 9.59 Å². The molecule has 1 amide bonds. The normalized spacial score (nSPS) is 10.7. The van der Waals surface area contributed by atoms with Crippen molar-refractivity contribution in [3.8, 4) is 0 Å². The third-order valence-electron chi connectivity index (χ3n) is 3.81. The van der Waals surface area contributed by atoms with Gasteiger partial charge in [0.1, 0.15) is 17.2 Å². The lowest BCUT2D eigenvalue weighted by atomic mass is 10.1. The van der Waals surface area contributed by atoms with E-state index in [1.807, 2.05) is 0 Å². The van der Waals surface area contributed by atoms with Crippen LogP contribution in [0.4, 0.5) is 14.5 Å². The van der Waals surface area contributed by atoms with Crippen LogP contribution in [0.5, 0.6) is 0 Å². The molecule has 3 aromatic rings. The highest BCUT2D eigenvalue weighted by Crippen LogP contribution is 2.23. The topological polar surface area (TPSA) is 88.3 Å². The summed E-state index contributed by atoms with van der Waals surface area (Å²) in [6.07, 6.45) is 0. The number of hydrogen-bond acceptors (Lipinski definition) is 5. The molecule has 3 rings (SSSR count). The van der Waals surface area contributed by atoms with Crippen molar-refractivity contribution in [1.29, 1.82) is 0 Å². The zero-order valence-corrected chi connectivity index (χ0v) is 15.4. The van der Waals surface area contributed by atoms with E-state index in [-0.39, 0.29) is 22.0 Å². The summed E-state index contributed by atoms with van der Waals surface area (Å²) in [7, 11) is 1.14. The van der Waals surface area contributed by atoms with E-state index in [0.717, 1.165) is 37.1 Å². The summed E-state index contributed by atoms with van der Waals surface area (Å²) in [4.78, 5) is 39.8. The van der Waals surface area contributed by atoms with Gasteiger partial charge in [0.05, 0.1) is 29.1 Å². The number of carbonyl (C=O) groups excluding carboxylic acids is 2. The predicted molar refractivity (Wildman–Crippen MR) is 102 cm³/mol. The number of amides is 1. The Labute approximate surface area is 161 Å². The number of benzene rings is 2. The molecule has 1 aromatic heterocycles. The first-order valence-corrected chi connectivity index (χ1v) is 9.00. The average Bonchev–Trinajstić information content (AvgIpc) is 2.69. The van der Waals surface area contributed by atoms with Gasteiger partial charge in [-0.25, -0.2) is 13.6 Å². The summed E-state index contributed by atoms with van der Waals surface area (Å²) in [6, 6.07) is 9.28. The maximum Gasteiger partial charge on any atom is 0.344 e. The largest absolute Gasteiger partial charge is 0.465 e. The summed E-state index contributed by atoms with van der Waals surface area (Å²) in [5.74, 6) is -3.22. The van der Waals surface area contributed by atoms with Gasteiger partial charge < -0.3 is 15.0 Å². The fourth-order valence-electron chi connectivity index (χ4n) is 2.53. The monoisotopic (exact) mass is 404 g/mol. The Hall–Kier alpha value is -3.20. The zero-order chi connectivity index (χ0) is 20.3. The highest BCUT2D eigenvalue weighted by atomic mass is 32.2. The molecule has 0 saturated heterocycles. The molecular formula is C19H14F2N2O4S. The number of halogens is 2. The van der Waals surface area contributed by atoms with Crippen LogP contribution in [-0.2, 0) is 9.53 Å². The van der Waals surface area contributed by atoms with E-state index in [4.69, 9.17) is 0 Å². The van der Waals surface area contributed by atoms with Crippen molar-refractivity contribution in [3.05, 3.63) is 69.9 Å². The third kappa shape index (κ3) is 4.04. The number of thioether (sulfide) groups is 1. The van der Waals surface area contributed by atoms with Crippen LogP contribution in [0.25, 0.3) is 10.9 Å². The van der Waals surface area contributed by atoms with Crippen LogP contribution >= 0.6 is 11.8 Å². The molecule has 2 aromatic carbocycles. The van der Waals surface area contributed by atoms with Crippen molar-refractivity contribution in [1.82, 2.24) is 4.98 Å². The number of aromatic nitrogens is 1. The number of rotatable bonds is 5. The number of fused-ring (bicyclic) bond motifs is 1. The quantitative estimate of drug-likeness (QED) is 0.503. The Kier molecular flexibility index (Phi) is 5.74. The average molecular weight is 404 g/mol. The molecule has 144 valence electrons. The lowest BCUT2D eigenvalue weighted by molar-refractivity contribution is -0.113. The van der Waals surface area contributed by atoms with E-state index >= 15 is 0 Å². The molecule has 0 unspecified atom stereocenters. The van der Waals surface area contributed by atoms with Gasteiger partial charge in [0.25, 0.3) is 0 Å². The minimum absolute atomic E-state index is 0.144. The van der Waals surface area contributed by atoms with E-state index in [2.05, 4.69) is 15.0 Å². The Balaban J connectivity index is 1.87. The van der Waals surface area contributed by atoms with Crippen LogP contribution in [0, 0.1) is 11.6 Å². The second-order valence-corrected chi connectivity index (χ2v) is 6.64. The third-order valence-corrected chi connectivity index (χ3v) is 4.82. The van der Waals surface area contributed by atoms with Gasteiger partial charge in [0.2, 0.25) is 11.3 Å². The zero-order valence-electron chi connectivity index (χ0n) is 14.5. The Bertz CT molecular complexity index is 1130. The summed E-state index contributed by atoms with van der Waals surface area (Å²) in [5.41, 5.74) is -0.568. The molecule has 0 aliphatic heterocycles. The minimum Gasteiger partial charge on any atom is -0.465 e. The lowest BCUT2D eigenvalue weighted by Gasteiger charge is -2.10. The van der Waals surface area contributed by atoms with E-state index in [0.29, 0.717) is 10.9 Å². The van der Waals surface area contributed by atoms with Crippen LogP contribution in [0.15, 0.2) is 52.3 Å². The van der Waals surface area contributed by atoms with Crippen LogP contribution in [0.3, 0.4) is 0 Å². The first-order chi connectivity index (χ1) is 13.4. The van der Waals surface area contributed by atoms with Gasteiger partial charge in [-0.1, -0.05) is 23.9 Å². The summed E-state index contributed by atoms with van der Waals surface area (Å²) < 4.78 is 31.5. The fraction of sp³-hybridized carbons (Fsp3) is 0.105. The van der Waals surface area contributed by atoms with Gasteiger partial charge in [-0.15, -0.1) is 0 Å². The van der Waals surface area contributed by atoms with Gasteiger partial charge in [-0.2, -0.15) is 0 Å². The van der Waals surface area contributed by atoms with E-state index < -0.39 is 28.9 Å². The summed E-state index contributed by atoms with van der Waals surface area (Å²) >= 11 is 0.873. The molecule has 9 heteroatoms. The van der Waals surface area contributed by atoms with Gasteiger partial charge in [0, 0.05) is 11.5 Å². The molecule has 0 spiro atoms. The number of H-pyrrole nitrogens is 1. The predicted octanol–water partition coefficient (Wildman–Crippen LogP) is 3.32. The van der Waals surface area contributed by atoms with Gasteiger partial charge in [0.15, 0.2) is 0 Å². The van der Waals surface area contributed by atoms with Crippen LogP contribution in [-0.4, -0.2) is 29.7 Å². The molecule has 6 nitrogen and oxygen atoms in total. The van der Waals surface area contributed by atoms with Crippen molar-refractivity contribution in [2.75, 3.05) is 18.2 Å². The Morgan fingerprint density at radius 1 is 1.18 bits per heavy atom. The number of carbonyl (C=O) groups is 2. The molecule has 0 fully saturated rings. The molecule has 28 heavy (non-hydrogen) atoms. The summed E-state index contributed by atoms with van der Waals surface area (Å²) in [5, 5.41) is 2.70. The smallest absolute Gasteiger partial charge is 0.344 e. The van der Waals surface area contributed by atoms with Gasteiger partial charge in [-0.05, 0) is 24.3 Å². The minimum atomic E-state index is -0.842. The highest BCUT2D eigenvalue weighted by molar-refractivity contribution is 8.00. The second-order valence-electron chi connectivity index (χ2n) is 5.66. The van der Waals surface area contributed by atoms with Gasteiger partial charge >= 0.3 is 5.97 Å². The molecule has 0 atom stereocenters. The summed E-state index contributed by atoms with van der Waals surface area (Å²) in [6.45, 7) is 0. The van der Waals surface area contributed by atoms with Crippen molar-refractivity contribution in [3.63, 3.8) is 0 Å². The number of methoxy groups -OCH3 is 1. The van der Waals surface area contributed by atoms with Crippen molar-refractivity contribution >= 4 is 40.2 Å². The highest BCUT2D eigenvalue weighted by Gasteiger charge is 2.21. The first-order valence-electron chi connectivity index (χ1n) is 8.01. The van der Waals surface area contributed by atoms with Crippen molar-refractivity contribution in [2.45, 2.75) is 5.03 Å². The van der Waals surface area contributed by atoms with Crippen molar-refractivity contribution in [2.24, 2.45) is 0 Å². The molecule has 0 bridgehead atoms. The van der Waals surface area contributed by atoms with Crippen LogP contribution in [0.2, 0.25) is 0 Å². The number of nitrogens with one attached hydrogen (secondary N) is 2. The number of hydrogen-bond donors (Lipinski definition) is 2. The van der Waals surface area contributed by atoms with Crippen LogP contribution < -0.4 is 10.7 Å². The van der Waals surface area contributed by atoms with E-state index in [1.54, 1.807) is 24.3 Å². The number of anilines is 1. The molecule has 0 saturated carbocycles. The Morgan fingerprint density at radius 3 is 2.68 bits per heavy atom. The van der Waals surface area contributed by atoms with Crippen molar-refractivity contribution < 1.29 is 23.1 Å². The molecule has 1 heterocycles.